The predicted octanol–water partition coefficient (Wildman–Crippen LogP) is -0.975. The Morgan fingerprint density at radius 1 is 0.818 bits per heavy atom. The van der Waals surface area contributed by atoms with Crippen molar-refractivity contribution in [2.45, 2.75) is 30.6 Å². The molecular formula is C7H12N4. The lowest BCUT2D eigenvalue weighted by molar-refractivity contribution is 0.286. The van der Waals surface area contributed by atoms with Gasteiger partial charge in [0.2, 0.25) is 0 Å². The van der Waals surface area contributed by atoms with Crippen LogP contribution >= 0.6 is 0 Å². The summed E-state index contributed by atoms with van der Waals surface area (Å²) in [5.41, 5.74) is 13.8. The molecule has 0 radical (unpaired) electrons. The number of fused-ring (bicyclic) bond motifs is 5. The first-order valence-electron chi connectivity index (χ1n) is 4.46. The maximum atomic E-state index is 3.32. The SMILES string of the molecule is C1CC2CC1C1(NN1)C21NN1. The van der Waals surface area contributed by atoms with Gasteiger partial charge in [0.05, 0.1) is 0 Å². The molecule has 4 fully saturated rings. The Morgan fingerprint density at radius 2 is 1.27 bits per heavy atom. The average Bonchev–Trinajstić information content (AvgIpc) is 2.87. The summed E-state index contributed by atoms with van der Waals surface area (Å²) in [4.78, 5) is 0. The fraction of sp³-hybridized carbons (Fsp3) is 1.00. The monoisotopic (exact) mass is 152 g/mol. The highest BCUT2D eigenvalue weighted by molar-refractivity contribution is 5.30. The van der Waals surface area contributed by atoms with E-state index in [9.17, 15) is 0 Å². The molecule has 2 spiro atoms. The van der Waals surface area contributed by atoms with Crippen molar-refractivity contribution in [3.05, 3.63) is 0 Å². The van der Waals surface area contributed by atoms with Crippen LogP contribution in [0.5, 0.6) is 0 Å². The van der Waals surface area contributed by atoms with Crippen molar-refractivity contribution in [3.63, 3.8) is 0 Å². The van der Waals surface area contributed by atoms with Crippen LogP contribution in [0.25, 0.3) is 0 Å². The van der Waals surface area contributed by atoms with E-state index in [4.69, 9.17) is 0 Å². The second kappa shape index (κ2) is 1.25. The molecule has 60 valence electrons. The molecule has 0 aromatic carbocycles. The Kier molecular flexibility index (Phi) is 0.621. The third-order valence-electron chi connectivity index (χ3n) is 4.07. The summed E-state index contributed by atoms with van der Waals surface area (Å²) in [5.74, 6) is 1.71. The van der Waals surface area contributed by atoms with Crippen LogP contribution < -0.4 is 21.7 Å². The van der Waals surface area contributed by atoms with Crippen molar-refractivity contribution in [1.29, 1.82) is 0 Å². The standard InChI is InChI=1S/C7H12N4/c1-2-5-3-4(1)6(8-9-6)7(5)10-11-7/h4-5,8-11H,1-3H2. The minimum atomic E-state index is 0.246. The summed E-state index contributed by atoms with van der Waals surface area (Å²) in [6.07, 6.45) is 4.19. The summed E-state index contributed by atoms with van der Waals surface area (Å²) in [6, 6.07) is 0. The molecule has 2 atom stereocenters. The van der Waals surface area contributed by atoms with E-state index in [1.54, 1.807) is 0 Å². The first kappa shape index (κ1) is 5.48. The number of rotatable bonds is 0. The average molecular weight is 152 g/mol. The van der Waals surface area contributed by atoms with E-state index in [2.05, 4.69) is 21.7 Å². The molecule has 0 aromatic heterocycles. The minimum Gasteiger partial charge on any atom is -0.232 e. The van der Waals surface area contributed by atoms with Gasteiger partial charge in [-0.2, -0.15) is 0 Å². The maximum absolute atomic E-state index is 3.32. The molecule has 0 amide bonds. The first-order valence-corrected chi connectivity index (χ1v) is 4.46. The predicted molar refractivity (Wildman–Crippen MR) is 38.8 cm³/mol. The molecule has 2 saturated carbocycles. The number of hydrazine groups is 2. The van der Waals surface area contributed by atoms with Gasteiger partial charge in [-0.05, 0) is 31.1 Å². The van der Waals surface area contributed by atoms with Crippen LogP contribution in [0, 0.1) is 11.8 Å². The fourth-order valence-electron chi connectivity index (χ4n) is 3.35. The third-order valence-corrected chi connectivity index (χ3v) is 4.07. The van der Waals surface area contributed by atoms with Crippen molar-refractivity contribution >= 4 is 0 Å². The number of hydrogen-bond donors (Lipinski definition) is 4. The summed E-state index contributed by atoms with van der Waals surface area (Å²) >= 11 is 0. The van der Waals surface area contributed by atoms with Crippen LogP contribution in [0.4, 0.5) is 0 Å². The lowest BCUT2D eigenvalue weighted by Crippen LogP contribution is -2.47. The molecular weight excluding hydrogens is 140 g/mol. The number of nitrogens with one attached hydrogen (secondary N) is 4. The van der Waals surface area contributed by atoms with Gasteiger partial charge >= 0.3 is 0 Å². The lowest BCUT2D eigenvalue weighted by Gasteiger charge is -2.24. The Balaban J connectivity index is 1.89. The Hall–Kier alpha value is -0.160. The van der Waals surface area contributed by atoms with Crippen molar-refractivity contribution in [2.75, 3.05) is 0 Å². The fourth-order valence-corrected chi connectivity index (χ4v) is 3.35. The van der Waals surface area contributed by atoms with Crippen LogP contribution in [-0.4, -0.2) is 11.3 Å². The highest BCUT2D eigenvalue weighted by Gasteiger charge is 2.79. The van der Waals surface area contributed by atoms with E-state index in [1.165, 1.54) is 19.3 Å². The van der Waals surface area contributed by atoms with Gasteiger partial charge in [0, 0.05) is 0 Å². The van der Waals surface area contributed by atoms with Gasteiger partial charge in [0.15, 0.2) is 0 Å². The van der Waals surface area contributed by atoms with Crippen LogP contribution in [0.3, 0.4) is 0 Å². The molecule has 4 rings (SSSR count). The van der Waals surface area contributed by atoms with Crippen molar-refractivity contribution in [3.8, 4) is 0 Å². The third kappa shape index (κ3) is 0.381. The van der Waals surface area contributed by atoms with Crippen LogP contribution in [0.2, 0.25) is 0 Å². The second-order valence-corrected chi connectivity index (χ2v) is 4.32. The molecule has 0 aromatic rings. The highest BCUT2D eigenvalue weighted by Crippen LogP contribution is 2.60. The maximum Gasteiger partial charge on any atom is 0.131 e. The molecule has 2 heterocycles. The normalized spacial score (nSPS) is 52.4. The van der Waals surface area contributed by atoms with Gasteiger partial charge in [0.25, 0.3) is 0 Å². The smallest absolute Gasteiger partial charge is 0.131 e. The van der Waals surface area contributed by atoms with Crippen molar-refractivity contribution < 1.29 is 0 Å². The van der Waals surface area contributed by atoms with E-state index in [1.807, 2.05) is 0 Å². The van der Waals surface area contributed by atoms with E-state index >= 15 is 0 Å². The van der Waals surface area contributed by atoms with E-state index < -0.39 is 0 Å². The molecule has 11 heavy (non-hydrogen) atoms. The van der Waals surface area contributed by atoms with E-state index in [-0.39, 0.29) is 11.3 Å². The van der Waals surface area contributed by atoms with Crippen LogP contribution in [0.15, 0.2) is 0 Å². The molecule has 2 saturated heterocycles. The quantitative estimate of drug-likeness (QED) is 0.336. The largest absolute Gasteiger partial charge is 0.232 e. The summed E-state index contributed by atoms with van der Waals surface area (Å²) < 4.78 is 0. The van der Waals surface area contributed by atoms with Gasteiger partial charge in [-0.3, -0.25) is 0 Å². The van der Waals surface area contributed by atoms with Gasteiger partial charge < -0.3 is 0 Å². The topological polar surface area (TPSA) is 87.8 Å². The molecule has 2 bridgehead atoms. The molecule has 4 aliphatic rings. The van der Waals surface area contributed by atoms with Crippen molar-refractivity contribution in [2.24, 2.45) is 11.8 Å². The number of hydrogen-bond acceptors (Lipinski definition) is 4. The summed E-state index contributed by atoms with van der Waals surface area (Å²) in [7, 11) is 0. The Labute approximate surface area is 65.0 Å². The minimum absolute atomic E-state index is 0.246. The van der Waals surface area contributed by atoms with Crippen LogP contribution in [-0.2, 0) is 0 Å². The zero-order chi connectivity index (χ0) is 7.10. The van der Waals surface area contributed by atoms with Crippen LogP contribution in [0.1, 0.15) is 19.3 Å². The molecule has 2 unspecified atom stereocenters. The summed E-state index contributed by atoms with van der Waals surface area (Å²) in [6.45, 7) is 0. The summed E-state index contributed by atoms with van der Waals surface area (Å²) in [5, 5.41) is 0. The Bertz CT molecular complexity index is 207. The zero-order valence-electron chi connectivity index (χ0n) is 6.28. The van der Waals surface area contributed by atoms with E-state index in [0.717, 1.165) is 11.8 Å². The molecule has 4 nitrogen and oxygen atoms in total. The van der Waals surface area contributed by atoms with Gasteiger partial charge in [-0.1, -0.05) is 0 Å². The Morgan fingerprint density at radius 3 is 1.64 bits per heavy atom. The molecule has 2 aliphatic heterocycles. The lowest BCUT2D eigenvalue weighted by atomic mass is 9.85. The van der Waals surface area contributed by atoms with Gasteiger partial charge in [-0.25, -0.2) is 21.7 Å². The van der Waals surface area contributed by atoms with Gasteiger partial charge in [0.1, 0.15) is 11.3 Å². The molecule has 4 N–H and O–H groups in total. The van der Waals surface area contributed by atoms with Gasteiger partial charge in [-0.15, -0.1) is 0 Å². The molecule has 2 aliphatic carbocycles. The van der Waals surface area contributed by atoms with Crippen molar-refractivity contribution in [1.82, 2.24) is 21.7 Å². The second-order valence-electron chi connectivity index (χ2n) is 4.32. The van der Waals surface area contributed by atoms with E-state index in [0.29, 0.717) is 0 Å². The first-order chi connectivity index (χ1) is 5.37. The molecule has 4 heteroatoms. The zero-order valence-corrected chi connectivity index (χ0v) is 6.28. The highest BCUT2D eigenvalue weighted by atomic mass is 15.8.